The molecule has 0 amide bonds. The van der Waals surface area contributed by atoms with Gasteiger partial charge in [0, 0.05) is 38.7 Å². The lowest BCUT2D eigenvalue weighted by atomic mass is 9.93. The number of fused-ring (bicyclic) bond motifs is 13. The van der Waals surface area contributed by atoms with Crippen LogP contribution in [0.1, 0.15) is 0 Å². The van der Waals surface area contributed by atoms with Gasteiger partial charge < -0.3 is 4.42 Å². The molecule has 8 aromatic carbocycles. The van der Waals surface area contributed by atoms with Crippen LogP contribution in [-0.4, -0.2) is 14.5 Å². The first kappa shape index (κ1) is 27.2. The molecule has 0 saturated carbocycles. The van der Waals surface area contributed by atoms with Crippen LogP contribution in [0.15, 0.2) is 168 Å². The molecule has 11 rings (SSSR count). The minimum absolute atomic E-state index is 0.670. The van der Waals surface area contributed by atoms with Crippen LogP contribution in [0.3, 0.4) is 0 Å². The molecule has 0 aliphatic heterocycles. The van der Waals surface area contributed by atoms with E-state index in [1.807, 2.05) is 18.2 Å². The van der Waals surface area contributed by atoms with Crippen molar-refractivity contribution in [1.82, 2.24) is 14.5 Å². The fourth-order valence-corrected chi connectivity index (χ4v) is 7.95. The molecule has 0 bridgehead atoms. The van der Waals surface area contributed by atoms with Gasteiger partial charge in [0.1, 0.15) is 11.4 Å². The van der Waals surface area contributed by atoms with Crippen LogP contribution in [0, 0.1) is 0 Å². The molecule has 11 aromatic rings. The van der Waals surface area contributed by atoms with E-state index in [9.17, 15) is 0 Å². The van der Waals surface area contributed by atoms with E-state index >= 15 is 0 Å². The Morgan fingerprint density at radius 1 is 0.400 bits per heavy atom. The third-order valence-electron chi connectivity index (χ3n) is 10.2. The molecule has 3 heterocycles. The average molecular weight is 638 g/mol. The quantitative estimate of drug-likeness (QED) is 0.181. The highest BCUT2D eigenvalue weighted by molar-refractivity contribution is 6.26. The molecule has 4 nitrogen and oxygen atoms in total. The molecule has 0 fully saturated rings. The normalized spacial score (nSPS) is 12.0. The van der Waals surface area contributed by atoms with Gasteiger partial charge >= 0.3 is 0 Å². The predicted molar refractivity (Wildman–Crippen MR) is 207 cm³/mol. The number of furan rings is 1. The van der Waals surface area contributed by atoms with Crippen LogP contribution >= 0.6 is 0 Å². The molecule has 4 heteroatoms. The van der Waals surface area contributed by atoms with Crippen molar-refractivity contribution < 1.29 is 4.42 Å². The number of nitrogens with zero attached hydrogens (tertiary/aromatic N) is 3. The second-order valence-corrected chi connectivity index (χ2v) is 12.9. The van der Waals surface area contributed by atoms with Crippen molar-refractivity contribution in [3.8, 4) is 28.5 Å². The van der Waals surface area contributed by atoms with Gasteiger partial charge in [-0.15, -0.1) is 0 Å². The molecule has 0 radical (unpaired) electrons. The molecular formula is C46H27N3O. The van der Waals surface area contributed by atoms with E-state index in [1.165, 1.54) is 32.3 Å². The average Bonchev–Trinajstić information content (AvgIpc) is 3.74. The van der Waals surface area contributed by atoms with Gasteiger partial charge in [0.15, 0.2) is 11.4 Å². The van der Waals surface area contributed by atoms with Crippen molar-refractivity contribution in [3.63, 3.8) is 0 Å². The first-order valence-electron chi connectivity index (χ1n) is 16.9. The van der Waals surface area contributed by atoms with Gasteiger partial charge in [0.2, 0.25) is 0 Å². The standard InChI is InChI=1S/C46H27N3O/c1-2-12-28(13-3-1)40-27-43(49-41-20-10-8-18-35(41)37-24-25-38-36-19-9-11-21-42(36)50-45(38)44(37)49)48-46(47-40)29-22-23-34-32-16-5-4-14-30(32)31-15-6-7-17-33(31)39(34)26-29/h1-27H. The topological polar surface area (TPSA) is 43.9 Å². The second kappa shape index (κ2) is 10.4. The van der Waals surface area contributed by atoms with E-state index in [0.29, 0.717) is 5.82 Å². The van der Waals surface area contributed by atoms with Gasteiger partial charge in [-0.2, -0.15) is 0 Å². The van der Waals surface area contributed by atoms with Crippen LogP contribution in [0.4, 0.5) is 0 Å². The Bertz CT molecular complexity index is 3120. The predicted octanol–water partition coefficient (Wildman–Crippen LogP) is 12.3. The smallest absolute Gasteiger partial charge is 0.162 e. The first-order chi connectivity index (χ1) is 24.8. The van der Waals surface area contributed by atoms with Crippen molar-refractivity contribution in [2.24, 2.45) is 0 Å². The lowest BCUT2D eigenvalue weighted by molar-refractivity contribution is 0.671. The highest BCUT2D eigenvalue weighted by Gasteiger charge is 2.21. The molecule has 3 aromatic heterocycles. The van der Waals surface area contributed by atoms with E-state index in [-0.39, 0.29) is 0 Å². The summed E-state index contributed by atoms with van der Waals surface area (Å²) in [7, 11) is 0. The van der Waals surface area contributed by atoms with Crippen LogP contribution in [-0.2, 0) is 0 Å². The van der Waals surface area contributed by atoms with Crippen molar-refractivity contribution in [2.75, 3.05) is 0 Å². The number of hydrogen-bond acceptors (Lipinski definition) is 3. The fraction of sp³-hybridized carbons (Fsp3) is 0. The van der Waals surface area contributed by atoms with E-state index < -0.39 is 0 Å². The molecule has 0 aliphatic rings. The van der Waals surface area contributed by atoms with Crippen LogP contribution in [0.25, 0.3) is 105 Å². The van der Waals surface area contributed by atoms with Gasteiger partial charge in [-0.25, -0.2) is 9.97 Å². The van der Waals surface area contributed by atoms with Crippen LogP contribution in [0.2, 0.25) is 0 Å². The van der Waals surface area contributed by atoms with Crippen LogP contribution in [0.5, 0.6) is 0 Å². The van der Waals surface area contributed by atoms with E-state index in [0.717, 1.165) is 66.4 Å². The molecular weight excluding hydrogens is 611 g/mol. The lowest BCUT2D eigenvalue weighted by Crippen LogP contribution is -2.02. The van der Waals surface area contributed by atoms with Gasteiger partial charge in [-0.1, -0.05) is 133 Å². The Balaban J connectivity index is 1.24. The molecule has 0 spiro atoms. The zero-order chi connectivity index (χ0) is 32.8. The SMILES string of the molecule is c1ccc(-c2cc(-n3c4ccccc4c4ccc5c6ccccc6oc5c43)nc(-c3ccc4c5ccccc5c5ccccc5c4c3)n2)cc1. The van der Waals surface area contributed by atoms with Gasteiger partial charge in [-0.3, -0.25) is 4.57 Å². The summed E-state index contributed by atoms with van der Waals surface area (Å²) >= 11 is 0. The van der Waals surface area contributed by atoms with E-state index in [1.54, 1.807) is 0 Å². The second-order valence-electron chi connectivity index (χ2n) is 12.9. The molecule has 0 N–H and O–H groups in total. The minimum atomic E-state index is 0.670. The van der Waals surface area contributed by atoms with E-state index in [2.05, 4.69) is 150 Å². The third-order valence-corrected chi connectivity index (χ3v) is 10.2. The minimum Gasteiger partial charge on any atom is -0.454 e. The summed E-state index contributed by atoms with van der Waals surface area (Å²) in [4.78, 5) is 10.6. The van der Waals surface area contributed by atoms with Crippen molar-refractivity contribution >= 4 is 76.1 Å². The summed E-state index contributed by atoms with van der Waals surface area (Å²) < 4.78 is 8.91. The monoisotopic (exact) mass is 637 g/mol. The summed E-state index contributed by atoms with van der Waals surface area (Å²) in [6.45, 7) is 0. The molecule has 0 unspecified atom stereocenters. The Morgan fingerprint density at radius 2 is 0.980 bits per heavy atom. The molecule has 0 saturated heterocycles. The summed E-state index contributed by atoms with van der Waals surface area (Å²) in [6.07, 6.45) is 0. The Labute approximate surface area is 286 Å². The van der Waals surface area contributed by atoms with Crippen LogP contribution < -0.4 is 0 Å². The number of para-hydroxylation sites is 2. The number of rotatable bonds is 3. The molecule has 232 valence electrons. The van der Waals surface area contributed by atoms with Gasteiger partial charge in [-0.05, 0) is 56.6 Å². The summed E-state index contributed by atoms with van der Waals surface area (Å²) in [5.41, 5.74) is 6.64. The summed E-state index contributed by atoms with van der Waals surface area (Å²) in [5.74, 6) is 1.46. The highest BCUT2D eigenvalue weighted by atomic mass is 16.3. The van der Waals surface area contributed by atoms with Crippen molar-refractivity contribution in [3.05, 3.63) is 164 Å². The fourth-order valence-electron chi connectivity index (χ4n) is 7.95. The third kappa shape index (κ3) is 3.87. The van der Waals surface area contributed by atoms with E-state index in [4.69, 9.17) is 14.4 Å². The highest BCUT2D eigenvalue weighted by Crippen LogP contribution is 2.41. The largest absolute Gasteiger partial charge is 0.454 e. The van der Waals surface area contributed by atoms with Crippen molar-refractivity contribution in [2.45, 2.75) is 0 Å². The zero-order valence-electron chi connectivity index (χ0n) is 26.8. The molecule has 0 atom stereocenters. The first-order valence-corrected chi connectivity index (χ1v) is 16.9. The number of hydrogen-bond donors (Lipinski definition) is 0. The van der Waals surface area contributed by atoms with Gasteiger partial charge in [0.25, 0.3) is 0 Å². The molecule has 0 aliphatic carbocycles. The number of benzene rings is 8. The summed E-state index contributed by atoms with van der Waals surface area (Å²) in [6, 6.07) is 57.7. The lowest BCUT2D eigenvalue weighted by Gasteiger charge is -2.14. The molecule has 50 heavy (non-hydrogen) atoms. The number of aromatic nitrogens is 3. The Kier molecular flexibility index (Phi) is 5.63. The Morgan fingerprint density at radius 3 is 1.74 bits per heavy atom. The zero-order valence-corrected chi connectivity index (χ0v) is 26.8. The summed E-state index contributed by atoms with van der Waals surface area (Å²) in [5, 5.41) is 11.8. The maximum absolute atomic E-state index is 6.65. The van der Waals surface area contributed by atoms with Crippen molar-refractivity contribution in [1.29, 1.82) is 0 Å². The van der Waals surface area contributed by atoms with Gasteiger partial charge in [0.05, 0.1) is 16.7 Å². The maximum atomic E-state index is 6.65. The maximum Gasteiger partial charge on any atom is 0.162 e. The Hall–Kier alpha value is -6.78.